The maximum absolute atomic E-state index is 12.7. The summed E-state index contributed by atoms with van der Waals surface area (Å²) in [4.78, 5) is 26.3. The van der Waals surface area contributed by atoms with Crippen LogP contribution in [0.1, 0.15) is 0 Å². The van der Waals surface area contributed by atoms with Crippen molar-refractivity contribution >= 4 is 29.2 Å². The largest absolute Gasteiger partial charge is 0.497 e. The van der Waals surface area contributed by atoms with Crippen LogP contribution in [0.25, 0.3) is 16.7 Å². The molecule has 9 heteroatoms. The van der Waals surface area contributed by atoms with Crippen LogP contribution < -0.4 is 15.2 Å². The van der Waals surface area contributed by atoms with Gasteiger partial charge in [-0.05, 0) is 24.3 Å². The van der Waals surface area contributed by atoms with E-state index in [0.29, 0.717) is 47.9 Å². The quantitative estimate of drug-likeness (QED) is 0.701. The van der Waals surface area contributed by atoms with Gasteiger partial charge in [-0.3, -0.25) is 14.3 Å². The summed E-state index contributed by atoms with van der Waals surface area (Å²) >= 11 is 5.52. The summed E-state index contributed by atoms with van der Waals surface area (Å²) in [5.41, 5.74) is 0.837. The summed E-state index contributed by atoms with van der Waals surface area (Å²) in [6, 6.07) is 7.36. The van der Waals surface area contributed by atoms with Crippen molar-refractivity contribution in [2.24, 2.45) is 0 Å². The lowest BCUT2D eigenvalue weighted by Crippen LogP contribution is -2.38. The molecular weight excluding hydrogens is 354 g/mol. The summed E-state index contributed by atoms with van der Waals surface area (Å²) in [6.45, 7) is 2.56. The van der Waals surface area contributed by atoms with Gasteiger partial charge in [-0.15, -0.1) is 0 Å². The van der Waals surface area contributed by atoms with E-state index in [-0.39, 0.29) is 5.56 Å². The smallest absolute Gasteiger partial charge is 0.264 e. The molecule has 8 nitrogen and oxygen atoms in total. The Morgan fingerprint density at radius 1 is 1.23 bits per heavy atom. The van der Waals surface area contributed by atoms with E-state index in [1.165, 1.54) is 0 Å². The van der Waals surface area contributed by atoms with Crippen molar-refractivity contribution in [2.75, 3.05) is 38.3 Å². The van der Waals surface area contributed by atoms with Gasteiger partial charge in [0.1, 0.15) is 22.1 Å². The average Bonchev–Trinajstić information content (AvgIpc) is 2.69. The number of H-pyrrole nitrogens is 1. The van der Waals surface area contributed by atoms with E-state index in [0.717, 1.165) is 11.4 Å². The van der Waals surface area contributed by atoms with Crippen LogP contribution in [0.3, 0.4) is 0 Å². The fraction of sp³-hybridized carbons (Fsp3) is 0.294. The molecule has 3 aromatic rings. The second-order valence-corrected chi connectivity index (χ2v) is 6.19. The first-order valence-electron chi connectivity index (χ1n) is 8.16. The van der Waals surface area contributed by atoms with E-state index in [9.17, 15) is 4.79 Å². The van der Waals surface area contributed by atoms with Crippen molar-refractivity contribution in [3.05, 3.63) is 45.6 Å². The Morgan fingerprint density at radius 2 is 1.96 bits per heavy atom. The topological polar surface area (TPSA) is 85.3 Å². The molecule has 0 spiro atoms. The van der Waals surface area contributed by atoms with Crippen LogP contribution in [0.2, 0.25) is 0 Å². The molecule has 134 valence electrons. The number of nitrogens with one attached hydrogen (secondary N) is 1. The molecular formula is C17H17N5O3S. The molecule has 1 aliphatic heterocycles. The van der Waals surface area contributed by atoms with Gasteiger partial charge in [0.2, 0.25) is 5.95 Å². The van der Waals surface area contributed by atoms with Gasteiger partial charge in [-0.25, -0.2) is 4.98 Å². The lowest BCUT2D eigenvalue weighted by atomic mass is 10.3. The van der Waals surface area contributed by atoms with Crippen molar-refractivity contribution in [3.8, 4) is 11.4 Å². The first kappa shape index (κ1) is 16.7. The highest BCUT2D eigenvalue weighted by Gasteiger charge is 2.16. The monoisotopic (exact) mass is 371 g/mol. The number of aromatic nitrogens is 4. The van der Waals surface area contributed by atoms with Gasteiger partial charge < -0.3 is 14.4 Å². The Labute approximate surface area is 154 Å². The van der Waals surface area contributed by atoms with Gasteiger partial charge in [0.25, 0.3) is 5.56 Å². The van der Waals surface area contributed by atoms with E-state index >= 15 is 0 Å². The lowest BCUT2D eigenvalue weighted by Gasteiger charge is -2.27. The molecule has 1 aromatic carbocycles. The summed E-state index contributed by atoms with van der Waals surface area (Å²) in [5, 5.41) is 0.301. The number of rotatable bonds is 3. The SMILES string of the molecule is COc1ccc(-n2cnc3nc(N4CCOCC4)[nH]c(=O)c3c2=S)cc1. The van der Waals surface area contributed by atoms with Gasteiger partial charge in [0, 0.05) is 18.8 Å². The first-order valence-corrected chi connectivity index (χ1v) is 8.57. The Kier molecular flexibility index (Phi) is 4.39. The fourth-order valence-electron chi connectivity index (χ4n) is 2.87. The zero-order valence-electron chi connectivity index (χ0n) is 14.1. The predicted octanol–water partition coefficient (Wildman–Crippen LogP) is 1.68. The minimum absolute atomic E-state index is 0.295. The zero-order chi connectivity index (χ0) is 18.1. The molecule has 1 aliphatic rings. The minimum atomic E-state index is -0.295. The maximum atomic E-state index is 12.7. The minimum Gasteiger partial charge on any atom is -0.497 e. The van der Waals surface area contributed by atoms with Gasteiger partial charge in [0.15, 0.2) is 5.65 Å². The molecule has 0 amide bonds. The van der Waals surface area contributed by atoms with Gasteiger partial charge in [0.05, 0.1) is 20.3 Å². The van der Waals surface area contributed by atoms with Crippen LogP contribution in [-0.4, -0.2) is 52.9 Å². The standard InChI is InChI=1S/C17H17N5O3S/c1-24-12-4-2-11(3-5-12)22-10-18-14-13(16(22)26)15(23)20-17(19-14)21-6-8-25-9-7-21/h2-5,10H,6-9H2,1H3,(H,19,20,23). The molecule has 1 N–H and O–H groups in total. The van der Waals surface area contributed by atoms with Gasteiger partial charge in [-0.2, -0.15) is 4.98 Å². The number of methoxy groups -OCH3 is 1. The highest BCUT2D eigenvalue weighted by Crippen LogP contribution is 2.18. The number of aromatic amines is 1. The predicted molar refractivity (Wildman–Crippen MR) is 99.9 cm³/mol. The highest BCUT2D eigenvalue weighted by atomic mass is 32.1. The van der Waals surface area contributed by atoms with Crippen molar-refractivity contribution in [3.63, 3.8) is 0 Å². The van der Waals surface area contributed by atoms with Crippen molar-refractivity contribution in [1.29, 1.82) is 0 Å². The molecule has 0 aliphatic carbocycles. The number of anilines is 1. The van der Waals surface area contributed by atoms with Crippen molar-refractivity contribution in [2.45, 2.75) is 0 Å². The maximum Gasteiger partial charge on any atom is 0.264 e. The number of morpholine rings is 1. The third-order valence-electron chi connectivity index (χ3n) is 4.28. The van der Waals surface area contributed by atoms with E-state index in [2.05, 4.69) is 15.0 Å². The third-order valence-corrected chi connectivity index (χ3v) is 4.68. The molecule has 0 bridgehead atoms. The van der Waals surface area contributed by atoms with Crippen LogP contribution in [0.15, 0.2) is 35.4 Å². The average molecular weight is 371 g/mol. The van der Waals surface area contributed by atoms with Crippen LogP contribution in [0.5, 0.6) is 5.75 Å². The number of nitrogens with zero attached hydrogens (tertiary/aromatic N) is 4. The van der Waals surface area contributed by atoms with Gasteiger partial charge in [-0.1, -0.05) is 12.2 Å². The molecule has 1 saturated heterocycles. The van der Waals surface area contributed by atoms with Crippen molar-refractivity contribution < 1.29 is 9.47 Å². The van der Waals surface area contributed by atoms with Crippen LogP contribution >= 0.6 is 12.2 Å². The summed E-state index contributed by atoms with van der Waals surface area (Å²) in [5.74, 6) is 1.23. The normalized spacial score (nSPS) is 14.6. The molecule has 1 fully saturated rings. The van der Waals surface area contributed by atoms with Crippen LogP contribution in [0, 0.1) is 4.64 Å². The van der Waals surface area contributed by atoms with Crippen molar-refractivity contribution in [1.82, 2.24) is 19.5 Å². The van der Waals surface area contributed by atoms with E-state index in [1.54, 1.807) is 18.0 Å². The summed E-state index contributed by atoms with van der Waals surface area (Å²) in [7, 11) is 1.61. The van der Waals surface area contributed by atoms with E-state index in [4.69, 9.17) is 21.7 Å². The Morgan fingerprint density at radius 3 is 2.65 bits per heavy atom. The molecule has 2 aromatic heterocycles. The van der Waals surface area contributed by atoms with E-state index in [1.807, 2.05) is 29.2 Å². The number of fused-ring (bicyclic) bond motifs is 1. The third kappa shape index (κ3) is 2.95. The number of hydrogen-bond acceptors (Lipinski definition) is 7. The molecule has 3 heterocycles. The Hall–Kier alpha value is -2.78. The Balaban J connectivity index is 1.81. The molecule has 0 atom stereocenters. The summed E-state index contributed by atoms with van der Waals surface area (Å²) < 4.78 is 12.5. The highest BCUT2D eigenvalue weighted by molar-refractivity contribution is 7.71. The van der Waals surface area contributed by atoms with Crippen LogP contribution in [0.4, 0.5) is 5.95 Å². The molecule has 0 radical (unpaired) electrons. The number of ether oxygens (including phenoxy) is 2. The summed E-state index contributed by atoms with van der Waals surface area (Å²) in [6.07, 6.45) is 1.59. The van der Waals surface area contributed by atoms with Crippen LogP contribution in [-0.2, 0) is 4.74 Å². The second kappa shape index (κ2) is 6.85. The number of hydrogen-bond donors (Lipinski definition) is 1. The second-order valence-electron chi connectivity index (χ2n) is 5.81. The fourth-order valence-corrected chi connectivity index (χ4v) is 3.21. The zero-order valence-corrected chi connectivity index (χ0v) is 15.0. The molecule has 0 saturated carbocycles. The number of benzene rings is 1. The molecule has 26 heavy (non-hydrogen) atoms. The Bertz CT molecular complexity index is 1050. The van der Waals surface area contributed by atoms with E-state index < -0.39 is 0 Å². The lowest BCUT2D eigenvalue weighted by molar-refractivity contribution is 0.122. The molecule has 4 rings (SSSR count). The molecule has 0 unspecified atom stereocenters. The first-order chi connectivity index (χ1) is 12.7. The van der Waals surface area contributed by atoms with Gasteiger partial charge >= 0.3 is 0 Å².